The van der Waals surface area contributed by atoms with Crippen molar-refractivity contribution in [1.29, 1.82) is 0 Å². The van der Waals surface area contributed by atoms with Crippen molar-refractivity contribution in [1.82, 2.24) is 14.5 Å². The Labute approximate surface area is 214 Å². The van der Waals surface area contributed by atoms with Gasteiger partial charge in [0.15, 0.2) is 17.2 Å². The van der Waals surface area contributed by atoms with E-state index < -0.39 is 12.1 Å². The Hall–Kier alpha value is -4.15. The van der Waals surface area contributed by atoms with Crippen LogP contribution in [0.25, 0.3) is 11.3 Å². The highest BCUT2D eigenvalue weighted by molar-refractivity contribution is 5.98. The summed E-state index contributed by atoms with van der Waals surface area (Å²) in [4.78, 5) is 26.5. The molecule has 0 aliphatic heterocycles. The van der Waals surface area contributed by atoms with E-state index in [0.717, 1.165) is 5.56 Å². The zero-order valence-electron chi connectivity index (χ0n) is 20.6. The number of hydrogen-bond acceptors (Lipinski definition) is 5. The molecule has 2 aromatic carbocycles. The van der Waals surface area contributed by atoms with Gasteiger partial charge in [-0.05, 0) is 67.6 Å². The van der Waals surface area contributed by atoms with Crippen molar-refractivity contribution in [3.05, 3.63) is 92.3 Å². The van der Waals surface area contributed by atoms with Crippen LogP contribution in [0.15, 0.2) is 51.8 Å². The maximum atomic E-state index is 13.3. The summed E-state index contributed by atoms with van der Waals surface area (Å²) in [6.45, 7) is 1.95. The van der Waals surface area contributed by atoms with E-state index in [9.17, 15) is 27.2 Å². The summed E-state index contributed by atoms with van der Waals surface area (Å²) in [6, 6.07) is 9.81. The quantitative estimate of drug-likeness (QED) is 0.255. The minimum atomic E-state index is -4.80. The summed E-state index contributed by atoms with van der Waals surface area (Å²) < 4.78 is 63.9. The van der Waals surface area contributed by atoms with Crippen LogP contribution in [0, 0.1) is 12.7 Å². The number of benzene rings is 2. The Kier molecular flexibility index (Phi) is 6.46. The Morgan fingerprint density at radius 3 is 2.58 bits per heavy atom. The van der Waals surface area contributed by atoms with Crippen molar-refractivity contribution in [2.45, 2.75) is 45.5 Å². The summed E-state index contributed by atoms with van der Waals surface area (Å²) in [5, 5.41) is 3.99. The van der Waals surface area contributed by atoms with Gasteiger partial charge >= 0.3 is 6.36 Å². The smallest absolute Gasteiger partial charge is 0.406 e. The summed E-state index contributed by atoms with van der Waals surface area (Å²) >= 11 is 0. The molecule has 0 N–H and O–H groups in total. The lowest BCUT2D eigenvalue weighted by Gasteiger charge is -2.11. The van der Waals surface area contributed by atoms with Gasteiger partial charge < -0.3 is 9.26 Å². The third-order valence-electron chi connectivity index (χ3n) is 6.84. The fraction of sp³-hybridized carbons (Fsp3) is 0.296. The lowest BCUT2D eigenvalue weighted by atomic mass is 9.99. The molecule has 2 aromatic heterocycles. The Morgan fingerprint density at radius 1 is 1.13 bits per heavy atom. The molecule has 1 aliphatic carbocycles. The molecule has 5 rings (SSSR count). The number of aromatic nitrogens is 3. The number of carbonyl (C=O) groups is 1. The van der Waals surface area contributed by atoms with Gasteiger partial charge in [0, 0.05) is 35.9 Å². The SMILES string of the molecule is Cc1c(CC(=O)c2noc3c2CCCc2cc(OC(F)(F)F)ccc2-3)c(=O)n(Cc2ccc(F)cc2)n1C. The monoisotopic (exact) mass is 529 g/mol. The molecular weight excluding hydrogens is 506 g/mol. The maximum Gasteiger partial charge on any atom is 0.573 e. The maximum absolute atomic E-state index is 13.3. The number of ether oxygens (including phenoxy) is 1. The number of Topliss-reactive ketones (excluding diaryl/α,β-unsaturated/α-hetero) is 1. The molecule has 0 saturated heterocycles. The van der Waals surface area contributed by atoms with Gasteiger partial charge in [0.25, 0.3) is 5.56 Å². The van der Waals surface area contributed by atoms with Crippen molar-refractivity contribution >= 4 is 5.78 Å². The van der Waals surface area contributed by atoms with Crippen molar-refractivity contribution in [2.75, 3.05) is 0 Å². The van der Waals surface area contributed by atoms with Crippen LogP contribution in [-0.2, 0) is 32.9 Å². The van der Waals surface area contributed by atoms with Crippen LogP contribution in [0.5, 0.6) is 5.75 Å². The van der Waals surface area contributed by atoms with Gasteiger partial charge in [-0.2, -0.15) is 0 Å². The summed E-state index contributed by atoms with van der Waals surface area (Å²) in [7, 11) is 1.71. The lowest BCUT2D eigenvalue weighted by Crippen LogP contribution is -2.24. The van der Waals surface area contributed by atoms with Crippen molar-refractivity contribution in [3.63, 3.8) is 0 Å². The summed E-state index contributed by atoms with van der Waals surface area (Å²) in [5.74, 6) is -0.764. The second-order valence-electron chi connectivity index (χ2n) is 9.24. The van der Waals surface area contributed by atoms with E-state index >= 15 is 0 Å². The third-order valence-corrected chi connectivity index (χ3v) is 6.84. The molecule has 0 amide bonds. The minimum Gasteiger partial charge on any atom is -0.406 e. The van der Waals surface area contributed by atoms with Crippen molar-refractivity contribution in [3.8, 4) is 17.1 Å². The van der Waals surface area contributed by atoms with Gasteiger partial charge in [0.05, 0.1) is 6.54 Å². The Balaban J connectivity index is 1.42. The van der Waals surface area contributed by atoms with Crippen LogP contribution >= 0.6 is 0 Å². The fourth-order valence-corrected chi connectivity index (χ4v) is 4.83. The zero-order chi connectivity index (χ0) is 27.2. The van der Waals surface area contributed by atoms with E-state index in [2.05, 4.69) is 9.89 Å². The normalized spacial score (nSPS) is 13.1. The third kappa shape index (κ3) is 4.88. The Bertz CT molecular complexity index is 1580. The van der Waals surface area contributed by atoms with Gasteiger partial charge in [0.2, 0.25) is 0 Å². The van der Waals surface area contributed by atoms with Crippen molar-refractivity contribution < 1.29 is 31.6 Å². The average Bonchev–Trinajstić information content (AvgIpc) is 3.28. The first kappa shape index (κ1) is 25.5. The van der Waals surface area contributed by atoms with Crippen LogP contribution in [0.1, 0.15) is 44.9 Å². The van der Waals surface area contributed by atoms with E-state index in [0.29, 0.717) is 53.0 Å². The van der Waals surface area contributed by atoms with E-state index in [4.69, 9.17) is 4.52 Å². The number of fused-ring (bicyclic) bond motifs is 3. The largest absolute Gasteiger partial charge is 0.573 e. The molecule has 0 bridgehead atoms. The number of ketones is 1. The molecule has 0 saturated carbocycles. The van der Waals surface area contributed by atoms with Crippen LogP contribution in [0.2, 0.25) is 0 Å². The first-order valence-electron chi connectivity index (χ1n) is 11.9. The van der Waals surface area contributed by atoms with E-state index in [1.54, 1.807) is 30.8 Å². The van der Waals surface area contributed by atoms with Crippen LogP contribution in [0.4, 0.5) is 17.6 Å². The first-order chi connectivity index (χ1) is 18.0. The fourth-order valence-electron chi connectivity index (χ4n) is 4.83. The zero-order valence-corrected chi connectivity index (χ0v) is 20.6. The molecule has 1 aliphatic rings. The second-order valence-corrected chi connectivity index (χ2v) is 9.24. The number of alkyl halides is 3. The number of carbonyl (C=O) groups excluding carboxylic acids is 1. The second kappa shape index (κ2) is 9.62. The lowest BCUT2D eigenvalue weighted by molar-refractivity contribution is -0.274. The van der Waals surface area contributed by atoms with Crippen LogP contribution < -0.4 is 10.3 Å². The van der Waals surface area contributed by atoms with Gasteiger partial charge in [-0.1, -0.05) is 17.3 Å². The number of nitrogens with zero attached hydrogens (tertiary/aromatic N) is 3. The number of halogens is 4. The highest BCUT2D eigenvalue weighted by Crippen LogP contribution is 2.37. The molecule has 4 aromatic rings. The molecule has 0 spiro atoms. The average molecular weight is 529 g/mol. The molecule has 0 atom stereocenters. The van der Waals surface area contributed by atoms with E-state index in [1.165, 1.54) is 35.0 Å². The molecule has 0 unspecified atom stereocenters. The standard InChI is InChI=1S/C27H23F4N3O4/c1-15-22(26(36)34(33(15)2)14-16-6-8-18(28)9-7-16)13-23(35)24-21-5-3-4-17-12-19(37-27(29,30)31)10-11-20(17)25(21)38-32-24/h6-12H,3-5,13-14H2,1-2H3. The summed E-state index contributed by atoms with van der Waals surface area (Å²) in [6.07, 6.45) is -3.53. The number of rotatable bonds is 6. The Morgan fingerprint density at radius 2 is 1.87 bits per heavy atom. The molecule has 2 heterocycles. The number of aryl methyl sites for hydroxylation is 1. The van der Waals surface area contributed by atoms with E-state index in [-0.39, 0.29) is 35.8 Å². The minimum absolute atomic E-state index is 0.108. The molecule has 0 fully saturated rings. The topological polar surface area (TPSA) is 79.3 Å². The predicted octanol–water partition coefficient (Wildman–Crippen LogP) is 5.15. The molecule has 0 radical (unpaired) electrons. The van der Waals surface area contributed by atoms with Gasteiger partial charge in [-0.15, -0.1) is 13.2 Å². The highest BCUT2D eigenvalue weighted by Gasteiger charge is 2.32. The van der Waals surface area contributed by atoms with Gasteiger partial charge in [-0.25, -0.2) is 9.07 Å². The summed E-state index contributed by atoms with van der Waals surface area (Å²) in [5.41, 5.74) is 3.16. The van der Waals surface area contributed by atoms with Crippen LogP contribution in [0.3, 0.4) is 0 Å². The highest BCUT2D eigenvalue weighted by atomic mass is 19.4. The molecular formula is C27H23F4N3O4. The molecule has 38 heavy (non-hydrogen) atoms. The van der Waals surface area contributed by atoms with E-state index in [1.807, 2.05) is 0 Å². The number of hydrogen-bond donors (Lipinski definition) is 0. The predicted molar refractivity (Wildman–Crippen MR) is 129 cm³/mol. The van der Waals surface area contributed by atoms with Gasteiger partial charge in [0.1, 0.15) is 11.6 Å². The first-order valence-corrected chi connectivity index (χ1v) is 11.9. The van der Waals surface area contributed by atoms with Crippen molar-refractivity contribution in [2.24, 2.45) is 7.05 Å². The molecule has 11 heteroatoms. The molecule has 198 valence electrons. The van der Waals surface area contributed by atoms with Crippen LogP contribution in [-0.4, -0.2) is 26.7 Å². The van der Waals surface area contributed by atoms with Gasteiger partial charge in [-0.3, -0.25) is 14.3 Å². The molecule has 7 nitrogen and oxygen atoms in total.